The van der Waals surface area contributed by atoms with Crippen LogP contribution in [-0.4, -0.2) is 18.4 Å². The average molecular weight is 261 g/mol. The molecule has 104 valence electrons. The molecule has 2 unspecified atom stereocenters. The maximum atomic E-state index is 12.2. The fourth-order valence-electron chi connectivity index (χ4n) is 2.62. The topological polar surface area (TPSA) is 52.3 Å². The third-order valence-electron chi connectivity index (χ3n) is 3.62. The fourth-order valence-corrected chi connectivity index (χ4v) is 2.62. The molecule has 2 N–H and O–H groups in total. The molecule has 0 amide bonds. The average Bonchev–Trinajstić information content (AvgIpc) is 2.38. The van der Waals surface area contributed by atoms with Crippen LogP contribution in [0, 0.1) is 5.92 Å². The lowest BCUT2D eigenvalue weighted by atomic mass is 9.91. The minimum Gasteiger partial charge on any atom is -0.373 e. The van der Waals surface area contributed by atoms with Gasteiger partial charge >= 0.3 is 0 Å². The number of ketones is 1. The molecule has 3 nitrogen and oxygen atoms in total. The number of hydrogen-bond acceptors (Lipinski definition) is 3. The van der Waals surface area contributed by atoms with Crippen LogP contribution in [0.4, 0.5) is 0 Å². The van der Waals surface area contributed by atoms with Gasteiger partial charge in [-0.05, 0) is 29.9 Å². The summed E-state index contributed by atoms with van der Waals surface area (Å²) in [5, 5.41) is 0. The van der Waals surface area contributed by atoms with Crippen LogP contribution >= 0.6 is 0 Å². The molecule has 3 heteroatoms. The van der Waals surface area contributed by atoms with E-state index in [0.717, 1.165) is 18.4 Å². The van der Waals surface area contributed by atoms with Crippen LogP contribution in [-0.2, 0) is 16.0 Å². The van der Waals surface area contributed by atoms with Crippen molar-refractivity contribution in [1.29, 1.82) is 0 Å². The van der Waals surface area contributed by atoms with Gasteiger partial charge in [0.15, 0.2) is 5.78 Å². The molecular formula is C16H23NO2. The molecule has 0 fully saturated rings. The van der Waals surface area contributed by atoms with Gasteiger partial charge in [-0.15, -0.1) is 0 Å². The predicted octanol–water partition coefficient (Wildman–Crippen LogP) is 2.63. The lowest BCUT2D eigenvalue weighted by Gasteiger charge is -2.26. The van der Waals surface area contributed by atoms with Crippen molar-refractivity contribution in [1.82, 2.24) is 0 Å². The molecule has 1 heterocycles. The molecule has 0 bridgehead atoms. The Balaban J connectivity index is 2.02. The molecule has 0 spiro atoms. The van der Waals surface area contributed by atoms with Crippen molar-refractivity contribution in [3.05, 3.63) is 35.4 Å². The minimum atomic E-state index is -0.363. The Kier molecular flexibility index (Phi) is 4.72. The third-order valence-corrected chi connectivity index (χ3v) is 3.62. The number of ether oxygens (including phenoxy) is 1. The van der Waals surface area contributed by atoms with Crippen molar-refractivity contribution in [3.63, 3.8) is 0 Å². The molecule has 19 heavy (non-hydrogen) atoms. The summed E-state index contributed by atoms with van der Waals surface area (Å²) in [6.45, 7) is 4.85. The standard InChI is InChI=1S/C16H23NO2/c1-11(2)9-14(17)15(18)10-16-13-6-4-3-5-12(13)7-8-19-16/h3-6,11,14,16H,7-10,17H2,1-2H3. The summed E-state index contributed by atoms with van der Waals surface area (Å²) in [4.78, 5) is 12.2. The molecule has 0 aliphatic carbocycles. The van der Waals surface area contributed by atoms with Crippen LogP contribution in [0.5, 0.6) is 0 Å². The van der Waals surface area contributed by atoms with Gasteiger partial charge in [-0.1, -0.05) is 38.1 Å². The van der Waals surface area contributed by atoms with E-state index >= 15 is 0 Å². The highest BCUT2D eigenvalue weighted by molar-refractivity contribution is 5.84. The molecule has 2 rings (SSSR count). The number of rotatable bonds is 5. The summed E-state index contributed by atoms with van der Waals surface area (Å²) in [6.07, 6.45) is 1.95. The first kappa shape index (κ1) is 14.2. The Morgan fingerprint density at radius 1 is 1.42 bits per heavy atom. The first-order chi connectivity index (χ1) is 9.08. The Hall–Kier alpha value is -1.19. The second-order valence-electron chi connectivity index (χ2n) is 5.71. The number of carbonyl (C=O) groups excluding carboxylic acids is 1. The number of nitrogens with two attached hydrogens (primary N) is 1. The maximum absolute atomic E-state index is 12.2. The van der Waals surface area contributed by atoms with E-state index < -0.39 is 0 Å². The van der Waals surface area contributed by atoms with Gasteiger partial charge < -0.3 is 10.5 Å². The van der Waals surface area contributed by atoms with E-state index in [-0.39, 0.29) is 17.9 Å². The summed E-state index contributed by atoms with van der Waals surface area (Å²) in [7, 11) is 0. The zero-order valence-electron chi connectivity index (χ0n) is 11.8. The summed E-state index contributed by atoms with van der Waals surface area (Å²) in [5.74, 6) is 0.550. The summed E-state index contributed by atoms with van der Waals surface area (Å²) in [6, 6.07) is 7.84. The van der Waals surface area contributed by atoms with Crippen molar-refractivity contribution in [2.24, 2.45) is 11.7 Å². The molecule has 1 aliphatic rings. The summed E-state index contributed by atoms with van der Waals surface area (Å²) < 4.78 is 5.75. The Morgan fingerprint density at radius 3 is 2.89 bits per heavy atom. The van der Waals surface area contributed by atoms with E-state index in [1.54, 1.807) is 0 Å². The molecule has 1 aromatic rings. The van der Waals surface area contributed by atoms with E-state index in [9.17, 15) is 4.79 Å². The van der Waals surface area contributed by atoms with E-state index in [1.165, 1.54) is 5.56 Å². The lowest BCUT2D eigenvalue weighted by molar-refractivity contribution is -0.123. The van der Waals surface area contributed by atoms with Gasteiger partial charge in [0.05, 0.1) is 18.8 Å². The Labute approximate surface area is 115 Å². The first-order valence-corrected chi connectivity index (χ1v) is 7.05. The summed E-state index contributed by atoms with van der Waals surface area (Å²) >= 11 is 0. The number of Topliss-reactive ketones (excluding diaryl/α,β-unsaturated/α-hetero) is 1. The van der Waals surface area contributed by atoms with Crippen LogP contribution in [0.15, 0.2) is 24.3 Å². The van der Waals surface area contributed by atoms with Gasteiger partial charge in [0, 0.05) is 6.42 Å². The van der Waals surface area contributed by atoms with E-state index in [0.29, 0.717) is 18.9 Å². The van der Waals surface area contributed by atoms with E-state index in [4.69, 9.17) is 10.5 Å². The quantitative estimate of drug-likeness (QED) is 0.886. The van der Waals surface area contributed by atoms with Crippen LogP contribution in [0.25, 0.3) is 0 Å². The Morgan fingerprint density at radius 2 is 2.16 bits per heavy atom. The molecule has 0 saturated heterocycles. The van der Waals surface area contributed by atoms with Gasteiger partial charge in [0.25, 0.3) is 0 Å². The monoisotopic (exact) mass is 261 g/mol. The van der Waals surface area contributed by atoms with E-state index in [1.807, 2.05) is 12.1 Å². The zero-order valence-corrected chi connectivity index (χ0v) is 11.8. The number of benzene rings is 1. The highest BCUT2D eigenvalue weighted by Gasteiger charge is 2.25. The SMILES string of the molecule is CC(C)CC(N)C(=O)CC1OCCc2ccccc21. The molecular weight excluding hydrogens is 238 g/mol. The van der Waals surface area contributed by atoms with Crippen molar-refractivity contribution in [2.75, 3.05) is 6.61 Å². The highest BCUT2D eigenvalue weighted by atomic mass is 16.5. The van der Waals surface area contributed by atoms with Gasteiger partial charge in [-0.3, -0.25) is 4.79 Å². The number of fused-ring (bicyclic) bond motifs is 1. The van der Waals surface area contributed by atoms with Crippen molar-refractivity contribution in [3.8, 4) is 0 Å². The van der Waals surface area contributed by atoms with Crippen LogP contribution in [0.3, 0.4) is 0 Å². The smallest absolute Gasteiger partial charge is 0.152 e. The second-order valence-corrected chi connectivity index (χ2v) is 5.71. The number of carbonyl (C=O) groups is 1. The van der Waals surface area contributed by atoms with Crippen LogP contribution < -0.4 is 5.73 Å². The maximum Gasteiger partial charge on any atom is 0.152 e. The predicted molar refractivity (Wildman–Crippen MR) is 75.9 cm³/mol. The third kappa shape index (κ3) is 3.64. The van der Waals surface area contributed by atoms with Gasteiger partial charge in [-0.2, -0.15) is 0 Å². The Bertz CT molecular complexity index is 442. The minimum absolute atomic E-state index is 0.107. The molecule has 0 radical (unpaired) electrons. The lowest BCUT2D eigenvalue weighted by Crippen LogP contribution is -2.33. The van der Waals surface area contributed by atoms with Gasteiger partial charge in [-0.25, -0.2) is 0 Å². The van der Waals surface area contributed by atoms with Crippen molar-refractivity contribution in [2.45, 2.75) is 45.3 Å². The zero-order chi connectivity index (χ0) is 13.8. The first-order valence-electron chi connectivity index (χ1n) is 7.05. The highest BCUT2D eigenvalue weighted by Crippen LogP contribution is 2.30. The van der Waals surface area contributed by atoms with E-state index in [2.05, 4.69) is 26.0 Å². The fraction of sp³-hybridized carbons (Fsp3) is 0.562. The van der Waals surface area contributed by atoms with Crippen molar-refractivity contribution < 1.29 is 9.53 Å². The largest absolute Gasteiger partial charge is 0.373 e. The summed E-state index contributed by atoms with van der Waals surface area (Å²) in [5.41, 5.74) is 8.40. The molecule has 1 aliphatic heterocycles. The van der Waals surface area contributed by atoms with Crippen LogP contribution in [0.2, 0.25) is 0 Å². The molecule has 1 aromatic carbocycles. The molecule has 0 aromatic heterocycles. The second kappa shape index (κ2) is 6.31. The normalized spacial score (nSPS) is 20.1. The van der Waals surface area contributed by atoms with Crippen LogP contribution in [0.1, 0.15) is 43.9 Å². The van der Waals surface area contributed by atoms with Gasteiger partial charge in [0.1, 0.15) is 0 Å². The molecule has 0 saturated carbocycles. The van der Waals surface area contributed by atoms with Crippen molar-refractivity contribution >= 4 is 5.78 Å². The molecule has 2 atom stereocenters. The number of hydrogen-bond donors (Lipinski definition) is 1. The van der Waals surface area contributed by atoms with Gasteiger partial charge in [0.2, 0.25) is 0 Å².